The zero-order chi connectivity index (χ0) is 51.1. The van der Waals surface area contributed by atoms with Crippen molar-refractivity contribution < 1.29 is 80.5 Å². The predicted molar refractivity (Wildman–Crippen MR) is 256 cm³/mol. The number of rotatable bonds is 33. The number of carbonyl (C=O) groups is 3. The van der Waals surface area contributed by atoms with Crippen LogP contribution in [0.1, 0.15) is 97.6 Å². The number of amides is 2. The fourth-order valence-electron chi connectivity index (χ4n) is 6.29. The number of hydrogen-bond acceptors (Lipinski definition) is 18. The molecule has 388 valence electrons. The van der Waals surface area contributed by atoms with Gasteiger partial charge in [0.1, 0.15) is 36.3 Å². The fraction of sp³-hybridized carbons (Fsp3) is 0.610. The number of ether oxygens (including phenoxy) is 1. The number of fused-ring (bicyclic) bond motifs is 1. The number of hydrogen-bond donors (Lipinski definition) is 9. The molecule has 28 heteroatoms. The molecule has 1 saturated heterocycles. The van der Waals surface area contributed by atoms with Gasteiger partial charge in [0.2, 0.25) is 11.8 Å². The van der Waals surface area contributed by atoms with Crippen LogP contribution in [0, 0.1) is 5.41 Å². The number of carbonyl (C=O) groups excluding carboxylic acids is 3. The molecule has 0 aliphatic carbocycles. The first-order valence-corrected chi connectivity index (χ1v) is 27.7. The van der Waals surface area contributed by atoms with Crippen molar-refractivity contribution in [2.75, 3.05) is 37.8 Å². The third-order valence-electron chi connectivity index (χ3n) is 9.97. The summed E-state index contributed by atoms with van der Waals surface area (Å²) in [5, 5.41) is 26.6. The van der Waals surface area contributed by atoms with Gasteiger partial charge in [-0.05, 0) is 44.9 Å². The average Bonchev–Trinajstić information content (AvgIpc) is 3.84. The number of nitrogens with two attached hydrogens (primary N) is 1. The fourth-order valence-corrected chi connectivity index (χ4v) is 9.84. The maximum absolute atomic E-state index is 12.7. The summed E-state index contributed by atoms with van der Waals surface area (Å²) in [4.78, 5) is 88.3. The molecule has 1 fully saturated rings. The summed E-state index contributed by atoms with van der Waals surface area (Å²) >= 11 is 1.11. The highest BCUT2D eigenvalue weighted by atomic mass is 32.2. The highest BCUT2D eigenvalue weighted by Gasteiger charge is 2.50. The smallest absolute Gasteiger partial charge is 0.386 e. The Morgan fingerprint density at radius 1 is 0.884 bits per heavy atom. The monoisotopic (exact) mass is 1050 g/mol. The van der Waals surface area contributed by atoms with E-state index in [4.69, 9.17) is 19.5 Å². The number of aliphatic hydroxyl groups is 2. The number of nitrogens with zero attached hydrogens (tertiary/aromatic N) is 4. The van der Waals surface area contributed by atoms with Crippen LogP contribution in [0.3, 0.4) is 0 Å². The molecule has 3 heterocycles. The summed E-state index contributed by atoms with van der Waals surface area (Å²) < 4.78 is 62.4. The number of aliphatic hydroxyl groups excluding tert-OH is 2. The average molecular weight is 1050 g/mol. The van der Waals surface area contributed by atoms with Crippen molar-refractivity contribution in [1.29, 1.82) is 0 Å². The lowest BCUT2D eigenvalue weighted by atomic mass is 9.87. The van der Waals surface area contributed by atoms with Gasteiger partial charge < -0.3 is 50.9 Å². The molecule has 2 unspecified atom stereocenters. The Hall–Kier alpha value is -3.48. The molecule has 0 saturated carbocycles. The number of anilines is 1. The lowest BCUT2D eigenvalue weighted by Crippen LogP contribution is -2.46. The van der Waals surface area contributed by atoms with Crippen molar-refractivity contribution in [3.8, 4) is 0 Å². The second-order valence-electron chi connectivity index (χ2n) is 16.3. The van der Waals surface area contributed by atoms with Crippen LogP contribution in [-0.2, 0) is 50.7 Å². The second-order valence-corrected chi connectivity index (χ2v) is 21.7. The first-order chi connectivity index (χ1) is 32.6. The quantitative estimate of drug-likeness (QED) is 0.0263. The number of aromatic nitrogens is 4. The van der Waals surface area contributed by atoms with E-state index in [1.54, 1.807) is 0 Å². The zero-order valence-corrected chi connectivity index (χ0v) is 42.3. The Bertz CT molecular complexity index is 2220. The number of phosphoric ester groups is 3. The van der Waals surface area contributed by atoms with E-state index in [2.05, 4.69) is 90.0 Å². The molecule has 3 rings (SSSR count). The number of nitrogen functional groups attached to an aromatic ring is 1. The summed E-state index contributed by atoms with van der Waals surface area (Å²) in [5.41, 5.74) is 4.27. The van der Waals surface area contributed by atoms with Crippen molar-refractivity contribution in [1.82, 2.24) is 30.2 Å². The second kappa shape index (κ2) is 29.8. The van der Waals surface area contributed by atoms with Gasteiger partial charge >= 0.3 is 23.5 Å². The van der Waals surface area contributed by atoms with Crippen LogP contribution in [-0.4, -0.2) is 123 Å². The summed E-state index contributed by atoms with van der Waals surface area (Å²) in [6.07, 6.45) is 19.7. The molecule has 69 heavy (non-hydrogen) atoms. The molecule has 2 amide bonds. The summed E-state index contributed by atoms with van der Waals surface area (Å²) in [6.45, 7) is 2.71. The van der Waals surface area contributed by atoms with Crippen LogP contribution in [0.15, 0.2) is 61.3 Å². The molecule has 7 atom stereocenters. The molecule has 0 aromatic carbocycles. The topological polar surface area (TPSA) is 364 Å². The van der Waals surface area contributed by atoms with Crippen LogP contribution in [0.2, 0.25) is 0 Å². The van der Waals surface area contributed by atoms with Crippen LogP contribution < -0.4 is 16.4 Å². The van der Waals surface area contributed by atoms with Crippen molar-refractivity contribution >= 4 is 69.1 Å². The Morgan fingerprint density at radius 3 is 2.14 bits per heavy atom. The van der Waals surface area contributed by atoms with Crippen molar-refractivity contribution in [2.24, 2.45) is 5.41 Å². The van der Waals surface area contributed by atoms with E-state index in [0.717, 1.165) is 61.1 Å². The van der Waals surface area contributed by atoms with Gasteiger partial charge in [-0.1, -0.05) is 94.0 Å². The molecule has 1 aliphatic rings. The lowest BCUT2D eigenvalue weighted by molar-refractivity contribution is -0.137. The van der Waals surface area contributed by atoms with Gasteiger partial charge in [-0.2, -0.15) is 4.31 Å². The molecular formula is C41H66N7O17P3S. The maximum Gasteiger partial charge on any atom is 0.481 e. The van der Waals surface area contributed by atoms with Crippen LogP contribution >= 0.6 is 35.2 Å². The Balaban J connectivity index is 1.31. The molecule has 0 spiro atoms. The number of thioether (sulfide) groups is 1. The molecular weight excluding hydrogens is 987 g/mol. The van der Waals surface area contributed by atoms with E-state index < -0.39 is 84.6 Å². The molecule has 10 N–H and O–H groups in total. The first-order valence-electron chi connectivity index (χ1n) is 22.2. The number of nitrogens with one attached hydrogen (secondary N) is 2. The zero-order valence-electron chi connectivity index (χ0n) is 38.8. The SMILES string of the molecule is CCCCC/C=C\C/C=C\C/C=C\C/C=C\CCCC(=O)SCCNC(=O)CCNC(=O)[C@@H](O)C(C)(C)COP(=O)(O)OP(=O)(O)OC[C@H]1O[C@@H](n2cnc3c(N)ncnc32)[C@H](O)[C@@H]1OP(=O)(O)O. The Morgan fingerprint density at radius 2 is 1.51 bits per heavy atom. The largest absolute Gasteiger partial charge is 0.481 e. The number of allylic oxidation sites excluding steroid dienone is 8. The molecule has 0 bridgehead atoms. The summed E-state index contributed by atoms with van der Waals surface area (Å²) in [6, 6.07) is 0. The van der Waals surface area contributed by atoms with Gasteiger partial charge in [0.25, 0.3) is 0 Å². The lowest BCUT2D eigenvalue weighted by Gasteiger charge is -2.30. The van der Waals surface area contributed by atoms with E-state index in [1.165, 1.54) is 33.1 Å². The standard InChI is InChI=1S/C41H66N7O17P3S/c1-4-5-6-7-8-9-10-11-12-13-14-15-16-17-18-19-20-21-32(50)69-25-24-43-31(49)22-23-44-39(53)36(52)41(2,3)27-62-68(59,60)65-67(57,58)61-26-30-35(64-66(54,55)56)34(51)40(63-30)48-29-47-33-37(42)45-28-46-38(33)48/h8-9,11-12,14-15,17-18,28-30,34-36,40,51-52H,4-7,10,13,16,19-27H2,1-3H3,(H,43,49)(H,44,53)(H,57,58)(H,59,60)(H2,42,45,46)(H2,54,55,56)/b9-8-,12-11-,15-14-,18-17-/t30-,34-,35-,36-,40-/m1/s1. The van der Waals surface area contributed by atoms with E-state index in [-0.39, 0.29) is 41.6 Å². The Labute approximate surface area is 405 Å². The van der Waals surface area contributed by atoms with Gasteiger partial charge in [-0.3, -0.25) is 32.5 Å². The van der Waals surface area contributed by atoms with Gasteiger partial charge in [-0.25, -0.2) is 28.6 Å². The Kier molecular flexibility index (Phi) is 25.8. The van der Waals surface area contributed by atoms with Crippen molar-refractivity contribution in [2.45, 2.75) is 122 Å². The maximum atomic E-state index is 12.7. The predicted octanol–water partition coefficient (Wildman–Crippen LogP) is 4.81. The highest BCUT2D eigenvalue weighted by Crippen LogP contribution is 2.61. The normalized spacial score (nSPS) is 20.3. The van der Waals surface area contributed by atoms with E-state index >= 15 is 0 Å². The van der Waals surface area contributed by atoms with Gasteiger partial charge in [0, 0.05) is 37.1 Å². The van der Waals surface area contributed by atoms with Gasteiger partial charge in [0.15, 0.2) is 22.8 Å². The minimum atomic E-state index is -5.58. The van der Waals surface area contributed by atoms with Crippen LogP contribution in [0.4, 0.5) is 5.82 Å². The third kappa shape index (κ3) is 22.6. The number of phosphoric acid groups is 3. The number of imidazole rings is 1. The molecule has 2 aromatic rings. The first kappa shape index (κ1) is 59.8. The third-order valence-corrected chi connectivity index (χ3v) is 14.0. The molecule has 24 nitrogen and oxygen atoms in total. The van der Waals surface area contributed by atoms with Crippen molar-refractivity contribution in [3.63, 3.8) is 0 Å². The van der Waals surface area contributed by atoms with Crippen LogP contribution in [0.25, 0.3) is 11.2 Å². The van der Waals surface area contributed by atoms with Gasteiger partial charge in [-0.15, -0.1) is 0 Å². The minimum absolute atomic E-state index is 0.0112. The molecule has 2 aromatic heterocycles. The minimum Gasteiger partial charge on any atom is -0.386 e. The van der Waals surface area contributed by atoms with Crippen LogP contribution in [0.5, 0.6) is 0 Å². The number of unbranched alkanes of at least 4 members (excludes halogenated alkanes) is 4. The highest BCUT2D eigenvalue weighted by molar-refractivity contribution is 8.13. The summed E-state index contributed by atoms with van der Waals surface area (Å²) in [7, 11) is -16.4. The van der Waals surface area contributed by atoms with Crippen molar-refractivity contribution in [3.05, 3.63) is 61.3 Å². The van der Waals surface area contributed by atoms with E-state index in [9.17, 15) is 57.9 Å². The van der Waals surface area contributed by atoms with Gasteiger partial charge in [0.05, 0.1) is 19.5 Å². The van der Waals surface area contributed by atoms with E-state index in [1.807, 2.05) is 0 Å². The summed E-state index contributed by atoms with van der Waals surface area (Å²) in [5.74, 6) is -1.09. The molecule has 1 aliphatic heterocycles. The molecule has 0 radical (unpaired) electrons. The van der Waals surface area contributed by atoms with E-state index in [0.29, 0.717) is 18.6 Å².